The Labute approximate surface area is 183 Å². The molecule has 1 aromatic carbocycles. The Hall–Kier alpha value is -2.59. The molecule has 1 unspecified atom stereocenters. The van der Waals surface area contributed by atoms with Crippen LogP contribution in [0.5, 0.6) is 5.75 Å². The lowest BCUT2D eigenvalue weighted by Crippen LogP contribution is -2.60. The molecule has 2 aromatic heterocycles. The molecule has 0 spiro atoms. The summed E-state index contributed by atoms with van der Waals surface area (Å²) in [6.07, 6.45) is 3.51. The molecule has 31 heavy (non-hydrogen) atoms. The van der Waals surface area contributed by atoms with Crippen molar-refractivity contribution in [2.75, 3.05) is 7.11 Å². The van der Waals surface area contributed by atoms with Gasteiger partial charge in [-0.05, 0) is 73.5 Å². The number of furan rings is 2. The average Bonchev–Trinajstić information content (AvgIpc) is 3.35. The third-order valence-electron chi connectivity index (χ3n) is 4.50. The van der Waals surface area contributed by atoms with Gasteiger partial charge < -0.3 is 13.6 Å². The molecule has 1 aliphatic heterocycles. The van der Waals surface area contributed by atoms with Crippen LogP contribution in [-0.2, 0) is 3.74 Å². The van der Waals surface area contributed by atoms with E-state index in [1.54, 1.807) is 57.4 Å². The summed E-state index contributed by atoms with van der Waals surface area (Å²) in [7, 11) is -4.71. The second kappa shape index (κ2) is 8.51. The molecule has 0 radical (unpaired) electrons. The highest BCUT2D eigenvalue weighted by molar-refractivity contribution is 8.20. The lowest BCUT2D eigenvalue weighted by molar-refractivity contribution is -1.91. The summed E-state index contributed by atoms with van der Waals surface area (Å²) in [4.78, 5) is 0.829. The Morgan fingerprint density at radius 2 is 1.42 bits per heavy atom. The van der Waals surface area contributed by atoms with Gasteiger partial charge in [-0.3, -0.25) is 0 Å². The fourth-order valence-electron chi connectivity index (χ4n) is 3.10. The Kier molecular flexibility index (Phi) is 5.94. The van der Waals surface area contributed by atoms with Crippen LogP contribution in [0.2, 0.25) is 0 Å². The summed E-state index contributed by atoms with van der Waals surface area (Å²) in [5.41, 5.74) is 1.62. The third kappa shape index (κ3) is 4.85. The monoisotopic (exact) mass is 462 g/mol. The molecule has 0 amide bonds. The summed E-state index contributed by atoms with van der Waals surface area (Å²) >= 11 is 0. The van der Waals surface area contributed by atoms with Gasteiger partial charge in [0, 0.05) is 0 Å². The van der Waals surface area contributed by atoms with Gasteiger partial charge in [-0.2, -0.15) is 14.0 Å². The van der Waals surface area contributed by atoms with Crippen LogP contribution in [-0.4, -0.2) is 12.0 Å². The van der Waals surface area contributed by atoms with Crippen molar-refractivity contribution in [2.45, 2.75) is 13.8 Å². The Balaban J connectivity index is 1.94. The SMILES string of the molecule is COc1ccc(C2=CC(c3ccc(C)o3)=S(O[Cl+3]([O-])([O-])[O-])C(c3ccc(C)o3)=C2)cc1. The van der Waals surface area contributed by atoms with Crippen molar-refractivity contribution in [1.29, 1.82) is 0 Å². The van der Waals surface area contributed by atoms with Crippen LogP contribution < -0.4 is 18.7 Å². The van der Waals surface area contributed by atoms with Crippen LogP contribution in [0.15, 0.2) is 69.5 Å². The molecule has 0 bridgehead atoms. The number of hydrogen-bond acceptors (Lipinski definition) is 7. The number of rotatable bonds is 6. The van der Waals surface area contributed by atoms with Crippen molar-refractivity contribution in [2.24, 2.45) is 0 Å². The first-order chi connectivity index (χ1) is 14.7. The lowest BCUT2D eigenvalue weighted by Gasteiger charge is -2.20. The van der Waals surface area contributed by atoms with Crippen molar-refractivity contribution in [3.8, 4) is 5.75 Å². The van der Waals surface area contributed by atoms with Gasteiger partial charge >= 0.3 is 0 Å². The van der Waals surface area contributed by atoms with E-state index in [1.165, 1.54) is 0 Å². The average molecular weight is 463 g/mol. The van der Waals surface area contributed by atoms with Crippen LogP contribution in [0.25, 0.3) is 10.5 Å². The van der Waals surface area contributed by atoms with Crippen LogP contribution in [0.1, 0.15) is 28.6 Å². The number of aryl methyl sites for hydroxylation is 2. The smallest absolute Gasteiger partial charge is 0.154 e. The number of hydrogen-bond donors (Lipinski definition) is 0. The van der Waals surface area contributed by atoms with E-state index in [4.69, 9.17) is 17.3 Å². The first-order valence-electron chi connectivity index (χ1n) is 9.17. The summed E-state index contributed by atoms with van der Waals surface area (Å²) < 4.78 is 56.3. The second-order valence-corrected chi connectivity index (χ2v) is 9.41. The third-order valence-corrected chi connectivity index (χ3v) is 7.06. The fourth-order valence-corrected chi connectivity index (χ4v) is 5.55. The van der Waals surface area contributed by atoms with Gasteiger partial charge in [-0.15, -0.1) is 0 Å². The molecule has 0 aliphatic carbocycles. The Morgan fingerprint density at radius 1 is 0.806 bits per heavy atom. The van der Waals surface area contributed by atoms with Gasteiger partial charge in [-0.25, -0.2) is 0 Å². The predicted molar refractivity (Wildman–Crippen MR) is 109 cm³/mol. The zero-order chi connectivity index (χ0) is 22.2. The van der Waals surface area contributed by atoms with Crippen LogP contribution in [0, 0.1) is 24.1 Å². The number of halogens is 1. The molecule has 162 valence electrons. The van der Waals surface area contributed by atoms with E-state index in [0.29, 0.717) is 38.6 Å². The van der Waals surface area contributed by atoms with Crippen molar-refractivity contribution in [1.82, 2.24) is 0 Å². The number of methoxy groups -OCH3 is 1. The normalized spacial score (nSPS) is 16.8. The van der Waals surface area contributed by atoms with Crippen molar-refractivity contribution in [3.05, 3.63) is 89.3 Å². The molecule has 7 nitrogen and oxygen atoms in total. The van der Waals surface area contributed by atoms with Gasteiger partial charge in [-0.1, -0.05) is 12.1 Å². The molecule has 9 heteroatoms. The molecule has 0 fully saturated rings. The molecule has 4 rings (SSSR count). The molecule has 0 N–H and O–H groups in total. The van der Waals surface area contributed by atoms with E-state index in [9.17, 15) is 14.0 Å². The maximum absolute atomic E-state index is 11.6. The minimum atomic E-state index is -4.71. The largest absolute Gasteiger partial charge is 0.497 e. The molecular weight excluding hydrogens is 444 g/mol. The van der Waals surface area contributed by atoms with E-state index in [1.807, 2.05) is 24.3 Å². The maximum atomic E-state index is 11.6. The van der Waals surface area contributed by atoms with Gasteiger partial charge in [0.1, 0.15) is 32.5 Å². The van der Waals surface area contributed by atoms with E-state index >= 15 is 0 Å². The van der Waals surface area contributed by atoms with Crippen LogP contribution in [0.3, 0.4) is 0 Å². The molecular formula is C22H19ClO7S. The standard InChI is InChI=1S/C22H19ClO7S/c1-14-4-10-19(28-14)21-12-17(16-6-8-18(27-3)9-7-16)13-22(20-11-5-15(2)29-20)31(21)30-23(24,25)26/h4-13H,1-3H3. The number of allylic oxidation sites excluding steroid dienone is 3. The summed E-state index contributed by atoms with van der Waals surface area (Å²) in [5.74, 6) is 2.78. The summed E-state index contributed by atoms with van der Waals surface area (Å²) in [6.45, 7) is 3.55. The zero-order valence-corrected chi connectivity index (χ0v) is 18.5. The number of ether oxygens (including phenoxy) is 1. The maximum Gasteiger partial charge on any atom is 0.154 e. The highest BCUT2D eigenvalue weighted by atomic mass is 35.7. The molecule has 1 atom stereocenters. The molecule has 0 saturated heterocycles. The number of benzene rings is 1. The topological polar surface area (TPSA) is 114 Å². The van der Waals surface area contributed by atoms with Crippen molar-refractivity contribution < 1.29 is 41.5 Å². The van der Waals surface area contributed by atoms with Crippen molar-refractivity contribution >= 4 is 26.1 Å². The quantitative estimate of drug-likeness (QED) is 0.516. The van der Waals surface area contributed by atoms with Crippen LogP contribution >= 0.6 is 10.8 Å². The molecule has 3 heterocycles. The minimum Gasteiger partial charge on any atom is -0.497 e. The van der Waals surface area contributed by atoms with Crippen LogP contribution in [0.4, 0.5) is 0 Å². The minimum absolute atomic E-state index is 0.402. The predicted octanol–water partition coefficient (Wildman–Crippen LogP) is 2.25. The Bertz CT molecular complexity index is 1190. The lowest BCUT2D eigenvalue weighted by atomic mass is 10.0. The second-order valence-electron chi connectivity index (χ2n) is 6.73. The molecule has 0 saturated carbocycles. The van der Waals surface area contributed by atoms with Gasteiger partial charge in [0.2, 0.25) is 0 Å². The summed E-state index contributed by atoms with van der Waals surface area (Å²) in [6, 6.07) is 14.3. The highest BCUT2D eigenvalue weighted by Gasteiger charge is 2.34. The van der Waals surface area contributed by atoms with Gasteiger partial charge in [0.25, 0.3) is 0 Å². The molecule has 1 aliphatic rings. The summed E-state index contributed by atoms with van der Waals surface area (Å²) in [5, 5.41) is 0. The zero-order valence-electron chi connectivity index (χ0n) is 16.9. The molecule has 3 aromatic rings. The van der Waals surface area contributed by atoms with Gasteiger partial charge in [0.15, 0.2) is 10.8 Å². The first kappa shape index (κ1) is 21.6. The highest BCUT2D eigenvalue weighted by Crippen LogP contribution is 2.45. The van der Waals surface area contributed by atoms with Gasteiger partial charge in [0.05, 0.1) is 27.1 Å². The first-order valence-corrected chi connectivity index (χ1v) is 11.6. The van der Waals surface area contributed by atoms with E-state index in [0.717, 1.165) is 11.1 Å². The van der Waals surface area contributed by atoms with Crippen molar-refractivity contribution in [3.63, 3.8) is 0 Å². The van der Waals surface area contributed by atoms with E-state index in [-0.39, 0.29) is 0 Å². The Morgan fingerprint density at radius 3 is 1.94 bits per heavy atom. The van der Waals surface area contributed by atoms with E-state index < -0.39 is 21.0 Å². The fraction of sp³-hybridized carbons (Fsp3) is 0.136. The van der Waals surface area contributed by atoms with E-state index in [2.05, 4.69) is 0 Å².